The number of carbonyl (C=O) groups excluding carboxylic acids is 1. The number of aryl methyl sites for hydroxylation is 1. The topological polar surface area (TPSA) is 49.3 Å². The summed E-state index contributed by atoms with van der Waals surface area (Å²) in [5.74, 6) is -0.970. The number of hydrogen-bond donors (Lipinski definition) is 2. The van der Waals surface area contributed by atoms with Crippen molar-refractivity contribution in [2.75, 3.05) is 11.2 Å². The molecule has 0 atom stereocenters. The van der Waals surface area contributed by atoms with Crippen LogP contribution in [-0.4, -0.2) is 16.9 Å². The summed E-state index contributed by atoms with van der Waals surface area (Å²) in [6.45, 7) is 0. The Morgan fingerprint density at radius 1 is 1.27 bits per heavy atom. The van der Waals surface area contributed by atoms with Gasteiger partial charge in [-0.25, -0.2) is 4.39 Å². The maximum atomic E-state index is 13.4. The third-order valence-electron chi connectivity index (χ3n) is 3.57. The van der Waals surface area contributed by atoms with E-state index >= 15 is 0 Å². The number of phenolic OH excluding ortho intramolecular Hbond substituents is 1. The number of amides is 1. The molecule has 0 radical (unpaired) electrons. The van der Waals surface area contributed by atoms with E-state index in [1.54, 1.807) is 6.07 Å². The Morgan fingerprint density at radius 3 is 2.86 bits per heavy atom. The summed E-state index contributed by atoms with van der Waals surface area (Å²) in [5.41, 5.74) is 3.11. The molecule has 1 heterocycles. The van der Waals surface area contributed by atoms with Crippen molar-refractivity contribution < 1.29 is 14.3 Å². The highest BCUT2D eigenvalue weighted by Crippen LogP contribution is 2.35. The van der Waals surface area contributed by atoms with Crippen molar-refractivity contribution in [2.45, 2.75) is 6.42 Å². The standard InChI is InChI=1S/C17H13ClFNO2/c18-7-6-10-4-5-15-12(8-10)13(17(22)20-15)9-11-2-1-3-14(19)16(11)21/h1-5,8-9,21H,6-7H2,(H,20,22). The fourth-order valence-electron chi connectivity index (χ4n) is 2.45. The Morgan fingerprint density at radius 2 is 2.09 bits per heavy atom. The smallest absolute Gasteiger partial charge is 0.256 e. The maximum Gasteiger partial charge on any atom is 0.256 e. The number of carbonyl (C=O) groups is 1. The first kappa shape index (κ1) is 14.6. The second-order valence-corrected chi connectivity index (χ2v) is 5.39. The highest BCUT2D eigenvalue weighted by atomic mass is 35.5. The molecular formula is C17H13ClFNO2. The Bertz CT molecular complexity index is 786. The van der Waals surface area contributed by atoms with Gasteiger partial charge in [-0.1, -0.05) is 18.2 Å². The highest BCUT2D eigenvalue weighted by molar-refractivity contribution is 6.35. The molecule has 2 N–H and O–H groups in total. The van der Waals surface area contributed by atoms with Crippen LogP contribution in [0.3, 0.4) is 0 Å². The molecule has 5 heteroatoms. The Labute approximate surface area is 132 Å². The largest absolute Gasteiger partial charge is 0.504 e. The first-order valence-corrected chi connectivity index (χ1v) is 7.33. The van der Waals surface area contributed by atoms with Gasteiger partial charge in [0.05, 0.1) is 0 Å². The molecule has 3 nitrogen and oxygen atoms in total. The van der Waals surface area contributed by atoms with Gasteiger partial charge in [-0.05, 0) is 36.3 Å². The number of anilines is 1. The maximum absolute atomic E-state index is 13.4. The summed E-state index contributed by atoms with van der Waals surface area (Å²) < 4.78 is 13.4. The zero-order valence-corrected chi connectivity index (χ0v) is 12.3. The molecular weight excluding hydrogens is 305 g/mol. The van der Waals surface area contributed by atoms with E-state index in [-0.39, 0.29) is 11.5 Å². The number of rotatable bonds is 3. The second-order valence-electron chi connectivity index (χ2n) is 5.01. The summed E-state index contributed by atoms with van der Waals surface area (Å²) in [7, 11) is 0. The van der Waals surface area contributed by atoms with Gasteiger partial charge in [0, 0.05) is 28.3 Å². The first-order valence-electron chi connectivity index (χ1n) is 6.80. The molecule has 3 rings (SSSR count). The van der Waals surface area contributed by atoms with Gasteiger partial charge in [-0.15, -0.1) is 11.6 Å². The molecule has 0 bridgehead atoms. The molecule has 2 aromatic carbocycles. The van der Waals surface area contributed by atoms with Gasteiger partial charge in [0.2, 0.25) is 0 Å². The van der Waals surface area contributed by atoms with Crippen LogP contribution in [0.2, 0.25) is 0 Å². The van der Waals surface area contributed by atoms with Gasteiger partial charge in [-0.3, -0.25) is 4.79 Å². The molecule has 0 spiro atoms. The average Bonchev–Trinajstić information content (AvgIpc) is 2.80. The van der Waals surface area contributed by atoms with Crippen LogP contribution in [0.4, 0.5) is 10.1 Å². The molecule has 0 aromatic heterocycles. The van der Waals surface area contributed by atoms with Crippen LogP contribution in [-0.2, 0) is 11.2 Å². The van der Waals surface area contributed by atoms with Gasteiger partial charge < -0.3 is 10.4 Å². The SMILES string of the molecule is O=C1Nc2ccc(CCCl)cc2C1=Cc1cccc(F)c1O. The van der Waals surface area contributed by atoms with Crippen molar-refractivity contribution in [3.63, 3.8) is 0 Å². The Balaban J connectivity index is 2.09. The summed E-state index contributed by atoms with van der Waals surface area (Å²) in [6.07, 6.45) is 2.19. The lowest BCUT2D eigenvalue weighted by Gasteiger charge is -2.04. The van der Waals surface area contributed by atoms with E-state index in [1.807, 2.05) is 18.2 Å². The molecule has 2 aromatic rings. The Kier molecular flexibility index (Phi) is 3.86. The second kappa shape index (κ2) is 5.81. The number of hydrogen-bond acceptors (Lipinski definition) is 2. The van der Waals surface area contributed by atoms with Crippen LogP contribution in [0, 0.1) is 5.82 Å². The zero-order valence-electron chi connectivity index (χ0n) is 11.6. The normalized spacial score (nSPS) is 15.0. The predicted octanol–water partition coefficient (Wildman–Crippen LogP) is 3.81. The molecule has 0 saturated heterocycles. The van der Waals surface area contributed by atoms with E-state index in [0.29, 0.717) is 23.6 Å². The van der Waals surface area contributed by atoms with Crippen molar-refractivity contribution in [1.29, 1.82) is 0 Å². The minimum Gasteiger partial charge on any atom is -0.504 e. The van der Waals surface area contributed by atoms with Crippen molar-refractivity contribution >= 4 is 34.8 Å². The number of fused-ring (bicyclic) bond motifs is 1. The fraction of sp³-hybridized carbons (Fsp3) is 0.118. The van der Waals surface area contributed by atoms with Gasteiger partial charge in [0.15, 0.2) is 11.6 Å². The number of alkyl halides is 1. The number of halogens is 2. The predicted molar refractivity (Wildman–Crippen MR) is 85.4 cm³/mol. The van der Waals surface area contributed by atoms with E-state index in [4.69, 9.17) is 11.6 Å². The number of nitrogens with one attached hydrogen (secondary N) is 1. The third kappa shape index (κ3) is 2.57. The van der Waals surface area contributed by atoms with Crippen LogP contribution in [0.15, 0.2) is 36.4 Å². The fourth-order valence-corrected chi connectivity index (χ4v) is 2.67. The van der Waals surface area contributed by atoms with Crippen LogP contribution in [0.1, 0.15) is 16.7 Å². The summed E-state index contributed by atoms with van der Waals surface area (Å²) >= 11 is 5.75. The van der Waals surface area contributed by atoms with Crippen molar-refractivity contribution in [3.05, 3.63) is 58.9 Å². The van der Waals surface area contributed by atoms with Gasteiger partial charge in [-0.2, -0.15) is 0 Å². The molecule has 0 fully saturated rings. The lowest BCUT2D eigenvalue weighted by atomic mass is 10.0. The van der Waals surface area contributed by atoms with E-state index in [9.17, 15) is 14.3 Å². The zero-order chi connectivity index (χ0) is 15.7. The van der Waals surface area contributed by atoms with Gasteiger partial charge in [0.1, 0.15) is 0 Å². The lowest BCUT2D eigenvalue weighted by molar-refractivity contribution is -0.110. The van der Waals surface area contributed by atoms with Crippen molar-refractivity contribution in [1.82, 2.24) is 0 Å². The molecule has 1 aliphatic heterocycles. The average molecular weight is 318 g/mol. The highest BCUT2D eigenvalue weighted by Gasteiger charge is 2.24. The minimum absolute atomic E-state index is 0.265. The van der Waals surface area contributed by atoms with Crippen LogP contribution in [0.25, 0.3) is 11.6 Å². The quantitative estimate of drug-likeness (QED) is 0.668. The molecule has 0 unspecified atom stereocenters. The summed E-state index contributed by atoms with van der Waals surface area (Å²) in [5, 5.41) is 12.5. The van der Waals surface area contributed by atoms with E-state index in [1.165, 1.54) is 18.2 Å². The van der Waals surface area contributed by atoms with E-state index in [0.717, 1.165) is 11.1 Å². The molecule has 1 amide bonds. The van der Waals surface area contributed by atoms with Crippen LogP contribution >= 0.6 is 11.6 Å². The first-order chi connectivity index (χ1) is 10.6. The molecule has 112 valence electrons. The van der Waals surface area contributed by atoms with Crippen LogP contribution in [0.5, 0.6) is 5.75 Å². The molecule has 1 aliphatic rings. The molecule has 22 heavy (non-hydrogen) atoms. The van der Waals surface area contributed by atoms with E-state index < -0.39 is 11.6 Å². The summed E-state index contributed by atoms with van der Waals surface area (Å²) in [4.78, 5) is 12.1. The number of benzene rings is 2. The van der Waals surface area contributed by atoms with Gasteiger partial charge in [0.25, 0.3) is 5.91 Å². The van der Waals surface area contributed by atoms with E-state index in [2.05, 4.69) is 5.32 Å². The van der Waals surface area contributed by atoms with Crippen molar-refractivity contribution in [3.8, 4) is 5.75 Å². The third-order valence-corrected chi connectivity index (χ3v) is 3.76. The molecule has 0 aliphatic carbocycles. The molecule has 0 saturated carbocycles. The monoisotopic (exact) mass is 317 g/mol. The lowest BCUT2D eigenvalue weighted by Crippen LogP contribution is -2.03. The van der Waals surface area contributed by atoms with Crippen molar-refractivity contribution in [2.24, 2.45) is 0 Å². The summed E-state index contributed by atoms with van der Waals surface area (Å²) in [6, 6.07) is 9.82. The number of aromatic hydroxyl groups is 1. The number of phenols is 1. The Hall–Kier alpha value is -2.33. The van der Waals surface area contributed by atoms with Crippen LogP contribution < -0.4 is 5.32 Å². The minimum atomic E-state index is -0.719. The van der Waals surface area contributed by atoms with Gasteiger partial charge >= 0.3 is 0 Å². The number of para-hydroxylation sites is 1.